The maximum absolute atomic E-state index is 13.7. The summed E-state index contributed by atoms with van der Waals surface area (Å²) in [5.41, 5.74) is 1.42. The van der Waals surface area contributed by atoms with Crippen LogP contribution < -0.4 is 5.32 Å². The Kier molecular flexibility index (Phi) is 6.15. The Hall–Kier alpha value is -2.40. The molecule has 0 radical (unpaired) electrons. The van der Waals surface area contributed by atoms with Gasteiger partial charge < -0.3 is 10.1 Å². The van der Waals surface area contributed by atoms with Crippen molar-refractivity contribution in [3.63, 3.8) is 0 Å². The molecule has 0 bridgehead atoms. The summed E-state index contributed by atoms with van der Waals surface area (Å²) in [7, 11) is 0. The number of hydrogen-bond acceptors (Lipinski definition) is 3. The largest absolute Gasteiger partial charge is 0.449 e. The fraction of sp³-hybridized carbons (Fsp3) is 0.263. The normalized spacial score (nSPS) is 11.9. The van der Waals surface area contributed by atoms with Gasteiger partial charge >= 0.3 is 5.97 Å². The number of ether oxygens (including phenoxy) is 1. The van der Waals surface area contributed by atoms with E-state index in [1.165, 1.54) is 13.0 Å². The van der Waals surface area contributed by atoms with Gasteiger partial charge in [0.25, 0.3) is 5.91 Å². The van der Waals surface area contributed by atoms with Crippen LogP contribution in [0.25, 0.3) is 0 Å². The zero-order chi connectivity index (χ0) is 18.6. The standard InChI is InChI=1S/C19H19ClFNO3/c1-11(2)13-4-7-15(8-5-13)22-18(23)12(3)25-19(24)16-10-14(20)6-9-17(16)21/h4-12H,1-3H3,(H,22,23)/t12-/m1/s1. The summed E-state index contributed by atoms with van der Waals surface area (Å²) in [4.78, 5) is 24.1. The first kappa shape index (κ1) is 18.9. The topological polar surface area (TPSA) is 55.4 Å². The number of amides is 1. The quantitative estimate of drug-likeness (QED) is 0.777. The third kappa shape index (κ3) is 5.03. The molecule has 0 saturated heterocycles. The van der Waals surface area contributed by atoms with E-state index in [9.17, 15) is 14.0 Å². The number of anilines is 1. The number of carbonyl (C=O) groups excluding carboxylic acids is 2. The Balaban J connectivity index is 2.00. The zero-order valence-electron chi connectivity index (χ0n) is 14.2. The van der Waals surface area contributed by atoms with Gasteiger partial charge in [-0.25, -0.2) is 9.18 Å². The highest BCUT2D eigenvalue weighted by molar-refractivity contribution is 6.30. The molecular weight excluding hydrogens is 345 g/mol. The van der Waals surface area contributed by atoms with Crippen LogP contribution in [0.1, 0.15) is 42.6 Å². The summed E-state index contributed by atoms with van der Waals surface area (Å²) in [5.74, 6) is -1.82. The Bertz CT molecular complexity index is 775. The highest BCUT2D eigenvalue weighted by atomic mass is 35.5. The van der Waals surface area contributed by atoms with Gasteiger partial charge in [-0.15, -0.1) is 0 Å². The van der Waals surface area contributed by atoms with Gasteiger partial charge in [-0.05, 0) is 48.7 Å². The van der Waals surface area contributed by atoms with E-state index in [-0.39, 0.29) is 10.6 Å². The van der Waals surface area contributed by atoms with Crippen molar-refractivity contribution in [1.29, 1.82) is 0 Å². The Labute approximate surface area is 150 Å². The summed E-state index contributed by atoms with van der Waals surface area (Å²) in [5, 5.41) is 2.86. The van der Waals surface area contributed by atoms with Gasteiger partial charge in [-0.3, -0.25) is 4.79 Å². The van der Waals surface area contributed by atoms with E-state index in [2.05, 4.69) is 19.2 Å². The van der Waals surface area contributed by atoms with Crippen LogP contribution in [0.15, 0.2) is 42.5 Å². The Morgan fingerprint density at radius 3 is 2.32 bits per heavy atom. The van der Waals surface area contributed by atoms with Gasteiger partial charge in [-0.2, -0.15) is 0 Å². The second kappa shape index (κ2) is 8.12. The van der Waals surface area contributed by atoms with Crippen LogP contribution in [0, 0.1) is 5.82 Å². The van der Waals surface area contributed by atoms with Crippen molar-refractivity contribution in [2.24, 2.45) is 0 Å². The van der Waals surface area contributed by atoms with Gasteiger partial charge in [0, 0.05) is 10.7 Å². The van der Waals surface area contributed by atoms with Crippen molar-refractivity contribution in [3.05, 3.63) is 64.4 Å². The number of nitrogens with one attached hydrogen (secondary N) is 1. The zero-order valence-corrected chi connectivity index (χ0v) is 14.9. The fourth-order valence-electron chi connectivity index (χ4n) is 2.13. The summed E-state index contributed by atoms with van der Waals surface area (Å²) < 4.78 is 18.7. The lowest BCUT2D eigenvalue weighted by Gasteiger charge is -2.14. The average molecular weight is 364 g/mol. The Morgan fingerprint density at radius 1 is 1.08 bits per heavy atom. The molecule has 1 atom stereocenters. The third-order valence-corrected chi connectivity index (χ3v) is 3.88. The molecular formula is C19H19ClFNO3. The molecule has 0 saturated carbocycles. The number of carbonyl (C=O) groups is 2. The summed E-state index contributed by atoms with van der Waals surface area (Å²) >= 11 is 5.75. The van der Waals surface area contributed by atoms with Crippen molar-refractivity contribution < 1.29 is 18.7 Å². The molecule has 0 aliphatic carbocycles. The molecule has 2 rings (SSSR count). The monoisotopic (exact) mass is 363 g/mol. The van der Waals surface area contributed by atoms with Crippen LogP contribution in [-0.2, 0) is 9.53 Å². The van der Waals surface area contributed by atoms with E-state index >= 15 is 0 Å². The Morgan fingerprint density at radius 2 is 1.72 bits per heavy atom. The lowest BCUT2D eigenvalue weighted by Crippen LogP contribution is -2.30. The molecule has 1 N–H and O–H groups in total. The van der Waals surface area contributed by atoms with Crippen molar-refractivity contribution in [1.82, 2.24) is 0 Å². The molecule has 0 aliphatic rings. The van der Waals surface area contributed by atoms with Crippen molar-refractivity contribution in [3.8, 4) is 0 Å². The SMILES string of the molecule is CC(C)c1ccc(NC(=O)[C@@H](C)OC(=O)c2cc(Cl)ccc2F)cc1. The van der Waals surface area contributed by atoms with Gasteiger partial charge in [-0.1, -0.05) is 37.6 Å². The number of hydrogen-bond donors (Lipinski definition) is 1. The molecule has 2 aromatic carbocycles. The molecule has 1 amide bonds. The van der Waals surface area contributed by atoms with Crippen molar-refractivity contribution in [2.45, 2.75) is 32.8 Å². The van der Waals surface area contributed by atoms with E-state index in [0.717, 1.165) is 17.7 Å². The smallest absolute Gasteiger partial charge is 0.341 e. The molecule has 25 heavy (non-hydrogen) atoms. The minimum Gasteiger partial charge on any atom is -0.449 e. The van der Waals surface area contributed by atoms with E-state index in [0.29, 0.717) is 11.6 Å². The third-order valence-electron chi connectivity index (χ3n) is 3.65. The molecule has 0 heterocycles. The highest BCUT2D eigenvalue weighted by Gasteiger charge is 2.21. The molecule has 0 fully saturated rings. The molecule has 6 heteroatoms. The van der Waals surface area contributed by atoms with Gasteiger partial charge in [0.05, 0.1) is 5.56 Å². The van der Waals surface area contributed by atoms with E-state index in [1.54, 1.807) is 12.1 Å². The highest BCUT2D eigenvalue weighted by Crippen LogP contribution is 2.18. The van der Waals surface area contributed by atoms with Crippen LogP contribution >= 0.6 is 11.6 Å². The minimum absolute atomic E-state index is 0.204. The summed E-state index contributed by atoms with van der Waals surface area (Å²) in [6, 6.07) is 10.9. The van der Waals surface area contributed by atoms with E-state index < -0.39 is 23.8 Å². The van der Waals surface area contributed by atoms with Crippen LogP contribution in [0.3, 0.4) is 0 Å². The first-order valence-electron chi connectivity index (χ1n) is 7.84. The lowest BCUT2D eigenvalue weighted by atomic mass is 10.0. The molecule has 0 unspecified atom stereocenters. The van der Waals surface area contributed by atoms with Crippen LogP contribution in [0.2, 0.25) is 5.02 Å². The van der Waals surface area contributed by atoms with E-state index in [1.807, 2.05) is 12.1 Å². The molecule has 4 nitrogen and oxygen atoms in total. The predicted octanol–water partition coefficient (Wildman–Crippen LogP) is 4.79. The van der Waals surface area contributed by atoms with Crippen LogP contribution in [0.5, 0.6) is 0 Å². The molecule has 2 aromatic rings. The van der Waals surface area contributed by atoms with Crippen LogP contribution in [0.4, 0.5) is 10.1 Å². The average Bonchev–Trinajstić information content (AvgIpc) is 2.57. The second-order valence-corrected chi connectivity index (χ2v) is 6.37. The van der Waals surface area contributed by atoms with Gasteiger partial charge in [0.1, 0.15) is 5.82 Å². The molecule has 0 aromatic heterocycles. The van der Waals surface area contributed by atoms with Crippen molar-refractivity contribution >= 4 is 29.2 Å². The first-order valence-corrected chi connectivity index (χ1v) is 8.22. The summed E-state index contributed by atoms with van der Waals surface area (Å²) in [6.45, 7) is 5.56. The number of halogens is 2. The number of rotatable bonds is 5. The summed E-state index contributed by atoms with van der Waals surface area (Å²) in [6.07, 6.45) is -1.09. The number of benzene rings is 2. The predicted molar refractivity (Wildman–Crippen MR) is 95.4 cm³/mol. The second-order valence-electron chi connectivity index (χ2n) is 5.94. The number of esters is 1. The maximum Gasteiger partial charge on any atom is 0.341 e. The van der Waals surface area contributed by atoms with Crippen LogP contribution in [-0.4, -0.2) is 18.0 Å². The van der Waals surface area contributed by atoms with E-state index in [4.69, 9.17) is 16.3 Å². The van der Waals surface area contributed by atoms with Gasteiger partial charge in [0.15, 0.2) is 6.10 Å². The first-order chi connectivity index (χ1) is 11.8. The molecule has 132 valence electrons. The minimum atomic E-state index is -1.09. The fourth-order valence-corrected chi connectivity index (χ4v) is 2.30. The molecule has 0 spiro atoms. The molecule has 0 aliphatic heterocycles. The van der Waals surface area contributed by atoms with Crippen molar-refractivity contribution in [2.75, 3.05) is 5.32 Å². The lowest BCUT2D eigenvalue weighted by molar-refractivity contribution is -0.123. The maximum atomic E-state index is 13.7. The van der Waals surface area contributed by atoms with Gasteiger partial charge in [0.2, 0.25) is 0 Å².